The maximum absolute atomic E-state index is 9.19. The van der Waals surface area contributed by atoms with E-state index in [9.17, 15) is 5.11 Å². The van der Waals surface area contributed by atoms with E-state index in [0.717, 1.165) is 0 Å². The second-order valence-electron chi connectivity index (χ2n) is 3.01. The van der Waals surface area contributed by atoms with Crippen LogP contribution in [0.4, 0.5) is 0 Å². The van der Waals surface area contributed by atoms with Crippen LogP contribution in [0.1, 0.15) is 6.92 Å². The number of aliphatic hydroxyl groups is 5. The number of hydrogen-bond acceptors (Lipinski definition) is 5. The van der Waals surface area contributed by atoms with E-state index in [1.807, 2.05) is 0 Å². The van der Waals surface area contributed by atoms with E-state index in [1.165, 1.54) is 6.92 Å². The minimum Gasteiger partial charge on any atom is -0.506 e. The van der Waals surface area contributed by atoms with Gasteiger partial charge < -0.3 is 25.5 Å². The Labute approximate surface area is 69.2 Å². The summed E-state index contributed by atoms with van der Waals surface area (Å²) in [4.78, 5) is 0. The first-order valence-corrected chi connectivity index (χ1v) is 3.63. The summed E-state index contributed by atoms with van der Waals surface area (Å²) >= 11 is 0. The molecule has 70 valence electrons. The van der Waals surface area contributed by atoms with Gasteiger partial charge in [0.05, 0.1) is 6.10 Å². The summed E-state index contributed by atoms with van der Waals surface area (Å²) in [6, 6.07) is 0. The lowest BCUT2D eigenvalue weighted by Crippen LogP contribution is -2.45. The van der Waals surface area contributed by atoms with Gasteiger partial charge in [-0.15, -0.1) is 0 Å². The van der Waals surface area contributed by atoms with Crippen molar-refractivity contribution in [3.63, 3.8) is 0 Å². The standard InChI is InChI=1S/C7H12O5/c1-2-3(8)5(10)7(12)6(11)4(2)9/h2-5,8-12H,1H3. The summed E-state index contributed by atoms with van der Waals surface area (Å²) in [5.74, 6) is -2.12. The molecule has 0 saturated carbocycles. The Morgan fingerprint density at radius 1 is 0.917 bits per heavy atom. The summed E-state index contributed by atoms with van der Waals surface area (Å²) in [5, 5.41) is 45.4. The summed E-state index contributed by atoms with van der Waals surface area (Å²) in [7, 11) is 0. The molecule has 0 aliphatic heterocycles. The van der Waals surface area contributed by atoms with Gasteiger partial charge in [-0.3, -0.25) is 0 Å². The zero-order chi connectivity index (χ0) is 9.46. The van der Waals surface area contributed by atoms with E-state index in [2.05, 4.69) is 0 Å². The van der Waals surface area contributed by atoms with Gasteiger partial charge in [0.15, 0.2) is 11.5 Å². The lowest BCUT2D eigenvalue weighted by Gasteiger charge is -2.32. The van der Waals surface area contributed by atoms with Gasteiger partial charge in [0, 0.05) is 5.92 Å². The lowest BCUT2D eigenvalue weighted by molar-refractivity contribution is -0.0742. The molecule has 1 aliphatic rings. The number of hydrogen-bond donors (Lipinski definition) is 5. The van der Waals surface area contributed by atoms with E-state index in [-0.39, 0.29) is 0 Å². The summed E-state index contributed by atoms with van der Waals surface area (Å²) in [5.41, 5.74) is 0. The first-order valence-electron chi connectivity index (χ1n) is 3.63. The Balaban J connectivity index is 3.00. The highest BCUT2D eigenvalue weighted by Gasteiger charge is 2.40. The van der Waals surface area contributed by atoms with Crippen molar-refractivity contribution in [3.8, 4) is 0 Å². The molecule has 5 heteroatoms. The fourth-order valence-electron chi connectivity index (χ4n) is 1.19. The largest absolute Gasteiger partial charge is 0.506 e. The van der Waals surface area contributed by atoms with Crippen LogP contribution in [0.3, 0.4) is 0 Å². The molecule has 4 unspecified atom stereocenters. The first-order chi connectivity index (χ1) is 5.46. The van der Waals surface area contributed by atoms with E-state index in [1.54, 1.807) is 0 Å². The molecule has 0 fully saturated rings. The van der Waals surface area contributed by atoms with Crippen molar-refractivity contribution in [2.24, 2.45) is 5.92 Å². The van der Waals surface area contributed by atoms with Crippen LogP contribution in [-0.2, 0) is 0 Å². The van der Waals surface area contributed by atoms with E-state index >= 15 is 0 Å². The molecule has 0 aromatic heterocycles. The molecular weight excluding hydrogens is 164 g/mol. The molecule has 4 atom stereocenters. The number of rotatable bonds is 0. The van der Waals surface area contributed by atoms with Crippen LogP contribution in [-0.4, -0.2) is 43.8 Å². The molecule has 5 N–H and O–H groups in total. The first kappa shape index (κ1) is 9.31. The van der Waals surface area contributed by atoms with Crippen LogP contribution in [0.2, 0.25) is 0 Å². The minimum atomic E-state index is -1.51. The average Bonchev–Trinajstić information content (AvgIpc) is 2.08. The predicted molar refractivity (Wildman–Crippen MR) is 39.5 cm³/mol. The van der Waals surface area contributed by atoms with Crippen LogP contribution in [0.25, 0.3) is 0 Å². The van der Waals surface area contributed by atoms with Gasteiger partial charge in [0.2, 0.25) is 0 Å². The Kier molecular flexibility index (Phi) is 2.27. The van der Waals surface area contributed by atoms with Gasteiger partial charge in [-0.1, -0.05) is 6.92 Å². The van der Waals surface area contributed by atoms with Gasteiger partial charge in [0.1, 0.15) is 12.2 Å². The molecular formula is C7H12O5. The molecule has 1 aliphatic carbocycles. The normalized spacial score (nSPS) is 43.3. The molecule has 1 rings (SSSR count). The molecule has 0 heterocycles. The maximum Gasteiger partial charge on any atom is 0.164 e. The van der Waals surface area contributed by atoms with Crippen molar-refractivity contribution in [1.82, 2.24) is 0 Å². The van der Waals surface area contributed by atoms with Crippen LogP contribution in [0.15, 0.2) is 11.5 Å². The van der Waals surface area contributed by atoms with Crippen LogP contribution >= 0.6 is 0 Å². The van der Waals surface area contributed by atoms with Crippen molar-refractivity contribution in [1.29, 1.82) is 0 Å². The summed E-state index contributed by atoms with van der Waals surface area (Å²) in [6.45, 7) is 1.46. The molecule has 0 saturated heterocycles. The van der Waals surface area contributed by atoms with Crippen molar-refractivity contribution in [2.75, 3.05) is 0 Å². The minimum absolute atomic E-state index is 0.666. The molecule has 0 spiro atoms. The summed E-state index contributed by atoms with van der Waals surface area (Å²) < 4.78 is 0. The highest BCUT2D eigenvalue weighted by molar-refractivity contribution is 5.16. The van der Waals surface area contributed by atoms with Crippen molar-refractivity contribution < 1.29 is 25.5 Å². The molecule has 0 aromatic carbocycles. The van der Waals surface area contributed by atoms with Gasteiger partial charge in [-0.05, 0) is 0 Å². The molecule has 0 amide bonds. The van der Waals surface area contributed by atoms with Crippen molar-refractivity contribution in [3.05, 3.63) is 11.5 Å². The highest BCUT2D eigenvalue weighted by atomic mass is 16.4. The SMILES string of the molecule is CC1C(O)C(O)=C(O)C(O)C1O. The third-order valence-corrected chi connectivity index (χ3v) is 2.18. The topological polar surface area (TPSA) is 101 Å². The molecule has 0 aromatic rings. The Morgan fingerprint density at radius 2 is 1.33 bits per heavy atom. The molecule has 12 heavy (non-hydrogen) atoms. The zero-order valence-electron chi connectivity index (χ0n) is 6.55. The van der Waals surface area contributed by atoms with Gasteiger partial charge in [-0.25, -0.2) is 0 Å². The molecule has 0 bridgehead atoms. The van der Waals surface area contributed by atoms with Crippen LogP contribution in [0, 0.1) is 5.92 Å². The average molecular weight is 176 g/mol. The molecule has 5 nitrogen and oxygen atoms in total. The van der Waals surface area contributed by atoms with Crippen molar-refractivity contribution in [2.45, 2.75) is 25.2 Å². The Hall–Kier alpha value is -0.780. The zero-order valence-corrected chi connectivity index (χ0v) is 6.55. The van der Waals surface area contributed by atoms with Crippen LogP contribution < -0.4 is 0 Å². The highest BCUT2D eigenvalue weighted by Crippen LogP contribution is 2.27. The Morgan fingerprint density at radius 3 is 1.83 bits per heavy atom. The quantitative estimate of drug-likeness (QED) is 0.327. The van der Waals surface area contributed by atoms with Gasteiger partial charge in [-0.2, -0.15) is 0 Å². The maximum atomic E-state index is 9.19. The van der Waals surface area contributed by atoms with E-state index < -0.39 is 35.7 Å². The van der Waals surface area contributed by atoms with Gasteiger partial charge in [0.25, 0.3) is 0 Å². The van der Waals surface area contributed by atoms with E-state index in [4.69, 9.17) is 20.4 Å². The Bertz CT molecular complexity index is 190. The number of aliphatic hydroxyl groups excluding tert-OH is 5. The fraction of sp³-hybridized carbons (Fsp3) is 0.714. The second kappa shape index (κ2) is 2.93. The van der Waals surface area contributed by atoms with Gasteiger partial charge >= 0.3 is 0 Å². The summed E-state index contributed by atoms with van der Waals surface area (Å²) in [6.07, 6.45) is -4.08. The van der Waals surface area contributed by atoms with E-state index in [0.29, 0.717) is 0 Å². The van der Waals surface area contributed by atoms with Crippen molar-refractivity contribution >= 4 is 0 Å². The lowest BCUT2D eigenvalue weighted by atomic mass is 9.86. The third-order valence-electron chi connectivity index (χ3n) is 2.18. The smallest absolute Gasteiger partial charge is 0.164 e. The van der Waals surface area contributed by atoms with Crippen LogP contribution in [0.5, 0.6) is 0 Å². The third kappa shape index (κ3) is 1.16. The monoisotopic (exact) mass is 176 g/mol. The predicted octanol–water partition coefficient (Wildman–Crippen LogP) is -0.954. The second-order valence-corrected chi connectivity index (χ2v) is 3.01. The molecule has 0 radical (unpaired) electrons. The fourth-order valence-corrected chi connectivity index (χ4v) is 1.19.